The maximum Gasteiger partial charge on any atom is 0.123 e. The highest BCUT2D eigenvalue weighted by molar-refractivity contribution is 7.12. The van der Waals surface area contributed by atoms with Crippen LogP contribution in [-0.4, -0.2) is 5.11 Å². The standard InChI is InChI=1S/C14H15FOS/c1-8-7-11(15)4-5-12(8)13(16)14-9(2)6-10(3)17-14/h4-7,13,16H,1-3H3. The van der Waals surface area contributed by atoms with Gasteiger partial charge in [-0.15, -0.1) is 11.3 Å². The molecular weight excluding hydrogens is 235 g/mol. The number of hydrogen-bond acceptors (Lipinski definition) is 2. The average Bonchev–Trinajstić information content (AvgIpc) is 2.57. The second-order valence-corrected chi connectivity index (χ2v) is 5.60. The minimum Gasteiger partial charge on any atom is -0.383 e. The summed E-state index contributed by atoms with van der Waals surface area (Å²) in [4.78, 5) is 2.12. The van der Waals surface area contributed by atoms with E-state index in [-0.39, 0.29) is 5.82 Å². The summed E-state index contributed by atoms with van der Waals surface area (Å²) in [5.74, 6) is -0.266. The Morgan fingerprint density at radius 1 is 1.12 bits per heavy atom. The number of aryl methyl sites for hydroxylation is 3. The molecule has 0 amide bonds. The zero-order chi connectivity index (χ0) is 12.6. The fourth-order valence-corrected chi connectivity index (χ4v) is 3.06. The third-order valence-electron chi connectivity index (χ3n) is 2.85. The Kier molecular flexibility index (Phi) is 3.31. The SMILES string of the molecule is Cc1cc(C)c(C(O)c2ccc(F)cc2C)s1. The second-order valence-electron chi connectivity index (χ2n) is 4.31. The number of benzene rings is 1. The molecular formula is C14H15FOS. The first kappa shape index (κ1) is 12.3. The lowest BCUT2D eigenvalue weighted by Gasteiger charge is -2.13. The first-order valence-corrected chi connectivity index (χ1v) is 6.31. The monoisotopic (exact) mass is 250 g/mol. The summed E-state index contributed by atoms with van der Waals surface area (Å²) in [5.41, 5.74) is 2.64. The molecule has 0 aliphatic carbocycles. The van der Waals surface area contributed by atoms with Gasteiger partial charge in [0.15, 0.2) is 0 Å². The lowest BCUT2D eigenvalue weighted by atomic mass is 10.0. The van der Waals surface area contributed by atoms with Crippen molar-refractivity contribution in [2.45, 2.75) is 26.9 Å². The van der Waals surface area contributed by atoms with Gasteiger partial charge < -0.3 is 5.11 Å². The van der Waals surface area contributed by atoms with Crippen LogP contribution in [0.4, 0.5) is 4.39 Å². The van der Waals surface area contributed by atoms with E-state index in [4.69, 9.17) is 0 Å². The van der Waals surface area contributed by atoms with Gasteiger partial charge >= 0.3 is 0 Å². The van der Waals surface area contributed by atoms with Crippen LogP contribution in [0.5, 0.6) is 0 Å². The predicted molar refractivity (Wildman–Crippen MR) is 69.0 cm³/mol. The van der Waals surface area contributed by atoms with Gasteiger partial charge in [-0.25, -0.2) is 4.39 Å². The highest BCUT2D eigenvalue weighted by Gasteiger charge is 2.17. The Bertz CT molecular complexity index is 545. The number of thiophene rings is 1. The van der Waals surface area contributed by atoms with Gasteiger partial charge in [0.1, 0.15) is 11.9 Å². The molecule has 2 rings (SSSR count). The number of aliphatic hydroxyl groups excluding tert-OH is 1. The summed E-state index contributed by atoms with van der Waals surface area (Å²) < 4.78 is 13.0. The summed E-state index contributed by atoms with van der Waals surface area (Å²) in [5, 5.41) is 10.3. The Morgan fingerprint density at radius 2 is 1.82 bits per heavy atom. The van der Waals surface area contributed by atoms with Crippen LogP contribution < -0.4 is 0 Å². The van der Waals surface area contributed by atoms with Crippen LogP contribution in [0.2, 0.25) is 0 Å². The highest BCUT2D eigenvalue weighted by Crippen LogP contribution is 2.33. The van der Waals surface area contributed by atoms with E-state index in [0.717, 1.165) is 21.6 Å². The predicted octanol–water partition coefficient (Wildman–Crippen LogP) is 3.89. The molecule has 0 aliphatic heterocycles. The molecule has 1 aromatic carbocycles. The summed E-state index contributed by atoms with van der Waals surface area (Å²) in [7, 11) is 0. The average molecular weight is 250 g/mol. The summed E-state index contributed by atoms with van der Waals surface area (Å²) >= 11 is 1.59. The maximum atomic E-state index is 13.0. The van der Waals surface area contributed by atoms with Gasteiger partial charge in [-0.05, 0) is 55.7 Å². The quantitative estimate of drug-likeness (QED) is 0.857. The van der Waals surface area contributed by atoms with Crippen molar-refractivity contribution in [3.05, 3.63) is 56.5 Å². The molecule has 0 bridgehead atoms. The molecule has 0 radical (unpaired) electrons. The van der Waals surface area contributed by atoms with Crippen molar-refractivity contribution in [1.82, 2.24) is 0 Å². The van der Waals surface area contributed by atoms with Crippen LogP contribution in [0.1, 0.15) is 32.5 Å². The van der Waals surface area contributed by atoms with E-state index >= 15 is 0 Å². The molecule has 0 saturated carbocycles. The highest BCUT2D eigenvalue weighted by atomic mass is 32.1. The Morgan fingerprint density at radius 3 is 2.35 bits per heavy atom. The van der Waals surface area contributed by atoms with Crippen molar-refractivity contribution >= 4 is 11.3 Å². The van der Waals surface area contributed by atoms with Crippen LogP contribution >= 0.6 is 11.3 Å². The molecule has 0 spiro atoms. The van der Waals surface area contributed by atoms with Gasteiger partial charge in [-0.2, -0.15) is 0 Å². The van der Waals surface area contributed by atoms with E-state index in [1.165, 1.54) is 17.0 Å². The van der Waals surface area contributed by atoms with Gasteiger partial charge in [-0.1, -0.05) is 6.07 Å². The fourth-order valence-electron chi connectivity index (χ4n) is 2.02. The van der Waals surface area contributed by atoms with Crippen molar-refractivity contribution in [2.24, 2.45) is 0 Å². The zero-order valence-electron chi connectivity index (χ0n) is 10.1. The molecule has 17 heavy (non-hydrogen) atoms. The van der Waals surface area contributed by atoms with E-state index in [9.17, 15) is 9.50 Å². The topological polar surface area (TPSA) is 20.2 Å². The summed E-state index contributed by atoms with van der Waals surface area (Å²) in [6.45, 7) is 5.82. The molecule has 90 valence electrons. The molecule has 1 heterocycles. The Hall–Kier alpha value is -1.19. The summed E-state index contributed by atoms with van der Waals surface area (Å²) in [6.07, 6.45) is -0.658. The zero-order valence-corrected chi connectivity index (χ0v) is 10.9. The third-order valence-corrected chi connectivity index (χ3v) is 4.06. The smallest absolute Gasteiger partial charge is 0.123 e. The molecule has 2 aromatic rings. The minimum atomic E-state index is -0.658. The first-order valence-electron chi connectivity index (χ1n) is 5.50. The molecule has 1 N–H and O–H groups in total. The normalized spacial score (nSPS) is 12.8. The van der Waals surface area contributed by atoms with Crippen LogP contribution in [0, 0.1) is 26.6 Å². The van der Waals surface area contributed by atoms with E-state index < -0.39 is 6.10 Å². The van der Waals surface area contributed by atoms with Gasteiger partial charge in [0.25, 0.3) is 0 Å². The molecule has 1 aromatic heterocycles. The third kappa shape index (κ3) is 2.40. The van der Waals surface area contributed by atoms with E-state index in [0.29, 0.717) is 0 Å². The molecule has 1 atom stereocenters. The number of hydrogen-bond donors (Lipinski definition) is 1. The van der Waals surface area contributed by atoms with E-state index in [1.807, 2.05) is 20.8 Å². The van der Waals surface area contributed by atoms with Gasteiger partial charge in [0, 0.05) is 9.75 Å². The Balaban J connectivity index is 2.43. The Labute approximate surface area is 105 Å². The van der Waals surface area contributed by atoms with Crippen LogP contribution in [0.3, 0.4) is 0 Å². The van der Waals surface area contributed by atoms with Crippen LogP contribution in [0.15, 0.2) is 24.3 Å². The van der Waals surface area contributed by atoms with Crippen LogP contribution in [-0.2, 0) is 0 Å². The molecule has 0 fully saturated rings. The van der Waals surface area contributed by atoms with Crippen molar-refractivity contribution < 1.29 is 9.50 Å². The van der Waals surface area contributed by atoms with E-state index in [1.54, 1.807) is 17.4 Å². The molecule has 1 nitrogen and oxygen atoms in total. The lowest BCUT2D eigenvalue weighted by molar-refractivity contribution is 0.222. The van der Waals surface area contributed by atoms with Crippen LogP contribution in [0.25, 0.3) is 0 Å². The van der Waals surface area contributed by atoms with Crippen molar-refractivity contribution in [3.63, 3.8) is 0 Å². The van der Waals surface area contributed by atoms with Gasteiger partial charge in [-0.3, -0.25) is 0 Å². The summed E-state index contributed by atoms with van der Waals surface area (Å²) in [6, 6.07) is 6.56. The number of rotatable bonds is 2. The minimum absolute atomic E-state index is 0.266. The molecule has 0 saturated heterocycles. The molecule has 1 unspecified atom stereocenters. The van der Waals surface area contributed by atoms with E-state index in [2.05, 4.69) is 6.07 Å². The maximum absolute atomic E-state index is 13.0. The molecule has 0 aliphatic rings. The lowest BCUT2D eigenvalue weighted by Crippen LogP contribution is -2.01. The van der Waals surface area contributed by atoms with Crippen molar-refractivity contribution in [1.29, 1.82) is 0 Å². The molecule has 3 heteroatoms. The van der Waals surface area contributed by atoms with Gasteiger partial charge in [0.05, 0.1) is 0 Å². The van der Waals surface area contributed by atoms with Gasteiger partial charge in [0.2, 0.25) is 0 Å². The number of aliphatic hydroxyl groups is 1. The second kappa shape index (κ2) is 4.59. The fraction of sp³-hybridized carbons (Fsp3) is 0.286. The van der Waals surface area contributed by atoms with Crippen molar-refractivity contribution in [3.8, 4) is 0 Å². The largest absolute Gasteiger partial charge is 0.383 e. The first-order chi connectivity index (χ1) is 7.99. The number of halogens is 1. The van der Waals surface area contributed by atoms with Crippen molar-refractivity contribution in [2.75, 3.05) is 0 Å².